The molecule has 2 rings (SSSR count). The van der Waals surface area contributed by atoms with Gasteiger partial charge in [-0.25, -0.2) is 0 Å². The van der Waals surface area contributed by atoms with Crippen molar-refractivity contribution in [2.75, 3.05) is 26.7 Å². The zero-order chi connectivity index (χ0) is 19.1. The standard InChI is InChI=1S/C19H27ClN2O4/c1-3-16(26-17-9-5-4-8-15(17)20)19(25)22-11-6-7-14(10-12-22)21(2)13-18(23)24/h4-5,8-9,14,16H,3,6-7,10-13H2,1-2H3,(H,23,24). The number of hydrogen-bond donors (Lipinski definition) is 1. The minimum atomic E-state index is -0.830. The normalized spacial score (nSPS) is 19.1. The van der Waals surface area contributed by atoms with Crippen molar-refractivity contribution in [3.8, 4) is 5.75 Å². The molecule has 144 valence electrons. The second kappa shape index (κ2) is 9.78. The minimum Gasteiger partial charge on any atom is -0.480 e. The largest absolute Gasteiger partial charge is 0.480 e. The summed E-state index contributed by atoms with van der Waals surface area (Å²) in [6.45, 7) is 3.21. The van der Waals surface area contributed by atoms with Crippen LogP contribution in [-0.2, 0) is 9.59 Å². The van der Waals surface area contributed by atoms with E-state index in [2.05, 4.69) is 0 Å². The average Bonchev–Trinajstić information content (AvgIpc) is 2.86. The zero-order valence-electron chi connectivity index (χ0n) is 15.4. The Labute approximate surface area is 159 Å². The van der Waals surface area contributed by atoms with Crippen molar-refractivity contribution >= 4 is 23.5 Å². The Balaban J connectivity index is 1.97. The van der Waals surface area contributed by atoms with E-state index in [0.29, 0.717) is 30.3 Å². The van der Waals surface area contributed by atoms with E-state index >= 15 is 0 Å². The molecule has 7 heteroatoms. The summed E-state index contributed by atoms with van der Waals surface area (Å²) in [6.07, 6.45) is 2.49. The summed E-state index contributed by atoms with van der Waals surface area (Å²) >= 11 is 6.13. The van der Waals surface area contributed by atoms with E-state index < -0.39 is 12.1 Å². The molecule has 1 aliphatic heterocycles. The molecular weight excluding hydrogens is 356 g/mol. The number of carboxylic acid groups (broad SMARTS) is 1. The molecule has 1 aliphatic rings. The number of likely N-dealkylation sites (N-methyl/N-ethyl adjacent to an activating group) is 1. The monoisotopic (exact) mass is 382 g/mol. The molecule has 2 atom stereocenters. The smallest absolute Gasteiger partial charge is 0.317 e. The molecule has 0 aromatic heterocycles. The highest BCUT2D eigenvalue weighted by Gasteiger charge is 2.29. The highest BCUT2D eigenvalue weighted by molar-refractivity contribution is 6.32. The number of aliphatic carboxylic acids is 1. The Bertz CT molecular complexity index is 625. The lowest BCUT2D eigenvalue weighted by Gasteiger charge is -2.27. The van der Waals surface area contributed by atoms with Crippen LogP contribution in [0.25, 0.3) is 0 Å². The lowest BCUT2D eigenvalue weighted by atomic mass is 10.1. The molecule has 1 heterocycles. The summed E-state index contributed by atoms with van der Waals surface area (Å²) < 4.78 is 5.87. The summed E-state index contributed by atoms with van der Waals surface area (Å²) in [5, 5.41) is 9.45. The van der Waals surface area contributed by atoms with Gasteiger partial charge in [-0.05, 0) is 44.9 Å². The summed E-state index contributed by atoms with van der Waals surface area (Å²) in [5.74, 6) is -0.346. The molecule has 1 fully saturated rings. The number of carbonyl (C=O) groups is 2. The molecule has 2 unspecified atom stereocenters. The highest BCUT2D eigenvalue weighted by atomic mass is 35.5. The fourth-order valence-electron chi connectivity index (χ4n) is 3.29. The van der Waals surface area contributed by atoms with Crippen LogP contribution in [0.15, 0.2) is 24.3 Å². The lowest BCUT2D eigenvalue weighted by Crippen LogP contribution is -2.43. The molecule has 26 heavy (non-hydrogen) atoms. The number of benzene rings is 1. The third-order valence-electron chi connectivity index (χ3n) is 4.77. The molecule has 1 amide bonds. The molecule has 1 N–H and O–H groups in total. The number of nitrogens with zero attached hydrogens (tertiary/aromatic N) is 2. The first-order valence-electron chi connectivity index (χ1n) is 9.04. The summed E-state index contributed by atoms with van der Waals surface area (Å²) in [5.41, 5.74) is 0. The fraction of sp³-hybridized carbons (Fsp3) is 0.579. The summed E-state index contributed by atoms with van der Waals surface area (Å²) in [7, 11) is 1.83. The van der Waals surface area contributed by atoms with Crippen LogP contribution in [0, 0.1) is 0 Å². The van der Waals surface area contributed by atoms with Gasteiger partial charge in [-0.3, -0.25) is 14.5 Å². The van der Waals surface area contributed by atoms with Gasteiger partial charge < -0.3 is 14.7 Å². The number of carbonyl (C=O) groups excluding carboxylic acids is 1. The van der Waals surface area contributed by atoms with Gasteiger partial charge in [0.25, 0.3) is 5.91 Å². The van der Waals surface area contributed by atoms with E-state index in [1.807, 2.05) is 35.9 Å². The second-order valence-electron chi connectivity index (χ2n) is 6.66. The molecule has 0 radical (unpaired) electrons. The number of halogens is 1. The van der Waals surface area contributed by atoms with Gasteiger partial charge in [0.15, 0.2) is 6.10 Å². The molecule has 1 aromatic carbocycles. The van der Waals surface area contributed by atoms with Crippen LogP contribution in [0.3, 0.4) is 0 Å². The molecule has 0 saturated carbocycles. The number of hydrogen-bond acceptors (Lipinski definition) is 4. The number of likely N-dealkylation sites (tertiary alicyclic amines) is 1. The molecular formula is C19H27ClN2O4. The van der Waals surface area contributed by atoms with E-state index in [-0.39, 0.29) is 18.5 Å². The highest BCUT2D eigenvalue weighted by Crippen LogP contribution is 2.26. The predicted octanol–water partition coefficient (Wildman–Crippen LogP) is 2.89. The average molecular weight is 383 g/mol. The van der Waals surface area contributed by atoms with E-state index in [0.717, 1.165) is 19.3 Å². The van der Waals surface area contributed by atoms with Crippen molar-refractivity contribution in [3.05, 3.63) is 29.3 Å². The van der Waals surface area contributed by atoms with Gasteiger partial charge in [-0.2, -0.15) is 0 Å². The number of para-hydroxylation sites is 1. The van der Waals surface area contributed by atoms with E-state index in [4.69, 9.17) is 21.4 Å². The van der Waals surface area contributed by atoms with Gasteiger partial charge in [0.2, 0.25) is 0 Å². The first-order valence-corrected chi connectivity index (χ1v) is 9.42. The van der Waals surface area contributed by atoms with E-state index in [9.17, 15) is 9.59 Å². The van der Waals surface area contributed by atoms with Crippen LogP contribution >= 0.6 is 11.6 Å². The van der Waals surface area contributed by atoms with Crippen molar-refractivity contribution in [3.63, 3.8) is 0 Å². The Morgan fingerprint density at radius 3 is 2.73 bits per heavy atom. The molecule has 0 spiro atoms. The minimum absolute atomic E-state index is 0.0197. The lowest BCUT2D eigenvalue weighted by molar-refractivity contribution is -0.140. The zero-order valence-corrected chi connectivity index (χ0v) is 16.1. The van der Waals surface area contributed by atoms with Crippen LogP contribution < -0.4 is 4.74 Å². The maximum absolute atomic E-state index is 12.9. The molecule has 1 aromatic rings. The van der Waals surface area contributed by atoms with E-state index in [1.165, 1.54) is 0 Å². The Morgan fingerprint density at radius 2 is 2.08 bits per heavy atom. The Morgan fingerprint density at radius 1 is 1.35 bits per heavy atom. The first kappa shape index (κ1) is 20.5. The maximum Gasteiger partial charge on any atom is 0.317 e. The fourth-order valence-corrected chi connectivity index (χ4v) is 3.47. The van der Waals surface area contributed by atoms with Gasteiger partial charge in [0.05, 0.1) is 11.6 Å². The molecule has 6 nitrogen and oxygen atoms in total. The van der Waals surface area contributed by atoms with Crippen molar-refractivity contribution < 1.29 is 19.4 Å². The quantitative estimate of drug-likeness (QED) is 0.785. The SMILES string of the molecule is CCC(Oc1ccccc1Cl)C(=O)N1CCCC(N(C)CC(=O)O)CC1. The predicted molar refractivity (Wildman–Crippen MR) is 101 cm³/mol. The number of rotatable bonds is 7. The van der Waals surface area contributed by atoms with Gasteiger partial charge in [-0.1, -0.05) is 30.7 Å². The van der Waals surface area contributed by atoms with Crippen LogP contribution in [0.2, 0.25) is 5.02 Å². The van der Waals surface area contributed by atoms with Crippen molar-refractivity contribution in [1.82, 2.24) is 9.80 Å². The first-order chi connectivity index (χ1) is 12.4. The van der Waals surface area contributed by atoms with Crippen LogP contribution in [0.4, 0.5) is 0 Å². The Hall–Kier alpha value is -1.79. The maximum atomic E-state index is 12.9. The van der Waals surface area contributed by atoms with Crippen molar-refractivity contribution in [1.29, 1.82) is 0 Å². The van der Waals surface area contributed by atoms with E-state index in [1.54, 1.807) is 12.1 Å². The number of ether oxygens (including phenoxy) is 1. The third-order valence-corrected chi connectivity index (χ3v) is 5.08. The molecule has 0 bridgehead atoms. The van der Waals surface area contributed by atoms with Crippen LogP contribution in [0.5, 0.6) is 5.75 Å². The second-order valence-corrected chi connectivity index (χ2v) is 7.07. The van der Waals surface area contributed by atoms with Crippen LogP contribution in [-0.4, -0.2) is 65.6 Å². The number of carboxylic acids is 1. The number of amides is 1. The topological polar surface area (TPSA) is 70.1 Å². The van der Waals surface area contributed by atoms with Crippen molar-refractivity contribution in [2.24, 2.45) is 0 Å². The molecule has 1 saturated heterocycles. The van der Waals surface area contributed by atoms with Crippen LogP contribution in [0.1, 0.15) is 32.6 Å². The van der Waals surface area contributed by atoms with Gasteiger partial charge in [0, 0.05) is 19.1 Å². The van der Waals surface area contributed by atoms with Crippen molar-refractivity contribution in [2.45, 2.75) is 44.8 Å². The van der Waals surface area contributed by atoms with Gasteiger partial charge in [0.1, 0.15) is 5.75 Å². The Kier molecular flexibility index (Phi) is 7.72. The summed E-state index contributed by atoms with van der Waals surface area (Å²) in [6, 6.07) is 7.32. The van der Waals surface area contributed by atoms with Gasteiger partial charge in [-0.15, -0.1) is 0 Å². The van der Waals surface area contributed by atoms with Gasteiger partial charge >= 0.3 is 5.97 Å². The summed E-state index contributed by atoms with van der Waals surface area (Å²) in [4.78, 5) is 27.5. The third kappa shape index (κ3) is 5.61. The molecule has 0 aliphatic carbocycles.